The van der Waals surface area contributed by atoms with Gasteiger partial charge in [-0.25, -0.2) is 9.59 Å². The Kier molecular flexibility index (Phi) is 4.11. The summed E-state index contributed by atoms with van der Waals surface area (Å²) in [6.45, 7) is 4.66. The molecular formula is C9H14N2O4. The number of hydrogen-bond donors (Lipinski definition) is 2. The van der Waals surface area contributed by atoms with E-state index in [9.17, 15) is 9.59 Å². The number of rotatable bonds is 3. The summed E-state index contributed by atoms with van der Waals surface area (Å²) in [6, 6.07) is -0.851. The van der Waals surface area contributed by atoms with Crippen LogP contribution in [-0.4, -0.2) is 54.4 Å². The molecule has 0 radical (unpaired) electrons. The molecule has 2 N–H and O–H groups in total. The lowest BCUT2D eigenvalue weighted by atomic mass is 10.2. The van der Waals surface area contributed by atoms with Crippen molar-refractivity contribution < 1.29 is 19.4 Å². The van der Waals surface area contributed by atoms with Crippen molar-refractivity contribution in [3.05, 3.63) is 12.7 Å². The van der Waals surface area contributed by atoms with Crippen molar-refractivity contribution in [3.8, 4) is 0 Å². The van der Waals surface area contributed by atoms with E-state index in [-0.39, 0.29) is 13.2 Å². The minimum absolute atomic E-state index is 0.0924. The third-order valence-corrected chi connectivity index (χ3v) is 2.09. The molecule has 6 nitrogen and oxygen atoms in total. The first-order valence-corrected chi connectivity index (χ1v) is 4.64. The van der Waals surface area contributed by atoms with Crippen molar-refractivity contribution in [1.29, 1.82) is 0 Å². The SMILES string of the molecule is C=CCOC(=O)N1CCNCC1C(=O)O. The maximum Gasteiger partial charge on any atom is 0.410 e. The second kappa shape index (κ2) is 5.35. The molecule has 0 aromatic rings. The van der Waals surface area contributed by atoms with E-state index in [0.717, 1.165) is 0 Å². The molecule has 1 heterocycles. The highest BCUT2D eigenvalue weighted by molar-refractivity contribution is 5.80. The number of carboxylic acids is 1. The van der Waals surface area contributed by atoms with Crippen LogP contribution in [0.3, 0.4) is 0 Å². The van der Waals surface area contributed by atoms with E-state index >= 15 is 0 Å². The minimum atomic E-state index is -1.03. The van der Waals surface area contributed by atoms with E-state index in [1.807, 2.05) is 0 Å². The van der Waals surface area contributed by atoms with E-state index in [1.165, 1.54) is 11.0 Å². The first-order valence-electron chi connectivity index (χ1n) is 4.64. The van der Waals surface area contributed by atoms with Crippen LogP contribution in [-0.2, 0) is 9.53 Å². The summed E-state index contributed by atoms with van der Waals surface area (Å²) in [7, 11) is 0. The van der Waals surface area contributed by atoms with Crippen LogP contribution < -0.4 is 5.32 Å². The van der Waals surface area contributed by atoms with Crippen molar-refractivity contribution in [1.82, 2.24) is 10.2 Å². The highest BCUT2D eigenvalue weighted by Crippen LogP contribution is 2.05. The molecule has 1 unspecified atom stereocenters. The molecule has 1 atom stereocenters. The maximum absolute atomic E-state index is 11.4. The predicted molar refractivity (Wildman–Crippen MR) is 52.5 cm³/mol. The normalized spacial score (nSPS) is 20.8. The number of ether oxygens (including phenoxy) is 1. The number of aliphatic carboxylic acids is 1. The van der Waals surface area contributed by atoms with Gasteiger partial charge in [-0.1, -0.05) is 12.7 Å². The topological polar surface area (TPSA) is 78.9 Å². The molecule has 15 heavy (non-hydrogen) atoms. The van der Waals surface area contributed by atoms with Gasteiger partial charge in [0.2, 0.25) is 0 Å². The predicted octanol–water partition coefficient (Wildman–Crippen LogP) is -0.333. The molecule has 1 fully saturated rings. The number of hydrogen-bond acceptors (Lipinski definition) is 4. The minimum Gasteiger partial charge on any atom is -0.480 e. The van der Waals surface area contributed by atoms with Crippen LogP contribution >= 0.6 is 0 Å². The van der Waals surface area contributed by atoms with Crippen LogP contribution in [0.5, 0.6) is 0 Å². The fourth-order valence-corrected chi connectivity index (χ4v) is 1.36. The Labute approximate surface area is 87.5 Å². The van der Waals surface area contributed by atoms with Gasteiger partial charge in [0, 0.05) is 19.6 Å². The van der Waals surface area contributed by atoms with E-state index in [2.05, 4.69) is 11.9 Å². The van der Waals surface area contributed by atoms with Gasteiger partial charge in [-0.05, 0) is 0 Å². The lowest BCUT2D eigenvalue weighted by Gasteiger charge is -2.32. The molecule has 0 bridgehead atoms. The fourth-order valence-electron chi connectivity index (χ4n) is 1.36. The van der Waals surface area contributed by atoms with Gasteiger partial charge in [0.05, 0.1) is 0 Å². The summed E-state index contributed by atoms with van der Waals surface area (Å²) in [6.07, 6.45) is 0.833. The first kappa shape index (κ1) is 11.5. The average molecular weight is 214 g/mol. The zero-order valence-corrected chi connectivity index (χ0v) is 8.31. The molecule has 0 saturated carbocycles. The van der Waals surface area contributed by atoms with E-state index in [0.29, 0.717) is 13.1 Å². The van der Waals surface area contributed by atoms with Crippen molar-refractivity contribution >= 4 is 12.1 Å². The number of carbonyl (C=O) groups excluding carboxylic acids is 1. The van der Waals surface area contributed by atoms with Crippen molar-refractivity contribution in [3.63, 3.8) is 0 Å². The molecule has 0 spiro atoms. The molecule has 1 aliphatic rings. The van der Waals surface area contributed by atoms with Crippen molar-refractivity contribution in [2.45, 2.75) is 6.04 Å². The number of carbonyl (C=O) groups is 2. The number of amides is 1. The second-order valence-corrected chi connectivity index (χ2v) is 3.12. The average Bonchev–Trinajstić information content (AvgIpc) is 2.25. The van der Waals surface area contributed by atoms with Crippen molar-refractivity contribution in [2.24, 2.45) is 0 Å². The van der Waals surface area contributed by atoms with E-state index in [1.54, 1.807) is 0 Å². The molecule has 0 aromatic carbocycles. The number of nitrogens with zero attached hydrogens (tertiary/aromatic N) is 1. The lowest BCUT2D eigenvalue weighted by molar-refractivity contribution is -0.143. The van der Waals surface area contributed by atoms with Crippen LogP contribution in [0, 0.1) is 0 Å². The third kappa shape index (κ3) is 2.95. The highest BCUT2D eigenvalue weighted by atomic mass is 16.6. The molecular weight excluding hydrogens is 200 g/mol. The first-order chi connectivity index (χ1) is 7.16. The Morgan fingerprint density at radius 1 is 1.67 bits per heavy atom. The Morgan fingerprint density at radius 3 is 3.00 bits per heavy atom. The summed E-state index contributed by atoms with van der Waals surface area (Å²) in [5.74, 6) is -1.03. The van der Waals surface area contributed by atoms with Gasteiger partial charge in [0.1, 0.15) is 12.6 Å². The third-order valence-electron chi connectivity index (χ3n) is 2.09. The largest absolute Gasteiger partial charge is 0.480 e. The van der Waals surface area contributed by atoms with Gasteiger partial charge in [-0.2, -0.15) is 0 Å². The molecule has 1 rings (SSSR count). The van der Waals surface area contributed by atoms with Gasteiger partial charge in [0.15, 0.2) is 0 Å². The zero-order chi connectivity index (χ0) is 11.3. The van der Waals surface area contributed by atoms with Gasteiger partial charge >= 0.3 is 12.1 Å². The van der Waals surface area contributed by atoms with Gasteiger partial charge < -0.3 is 15.2 Å². The molecule has 1 aliphatic heterocycles. The maximum atomic E-state index is 11.4. The fraction of sp³-hybridized carbons (Fsp3) is 0.556. The van der Waals surface area contributed by atoms with Crippen LogP contribution in [0.2, 0.25) is 0 Å². The summed E-state index contributed by atoms with van der Waals surface area (Å²) in [5.41, 5.74) is 0. The zero-order valence-electron chi connectivity index (χ0n) is 8.31. The van der Waals surface area contributed by atoms with Crippen LogP contribution in [0.25, 0.3) is 0 Å². The molecule has 0 aliphatic carbocycles. The van der Waals surface area contributed by atoms with Crippen LogP contribution in [0.4, 0.5) is 4.79 Å². The Morgan fingerprint density at radius 2 is 2.40 bits per heavy atom. The summed E-state index contributed by atoms with van der Waals surface area (Å²) in [4.78, 5) is 23.5. The van der Waals surface area contributed by atoms with E-state index < -0.39 is 18.1 Å². The highest BCUT2D eigenvalue weighted by Gasteiger charge is 2.32. The number of nitrogens with one attached hydrogen (secondary N) is 1. The Balaban J connectivity index is 2.58. The van der Waals surface area contributed by atoms with Gasteiger partial charge in [0.25, 0.3) is 0 Å². The quantitative estimate of drug-likeness (QED) is 0.629. The Bertz CT molecular complexity index is 267. The number of carboxylic acid groups (broad SMARTS) is 1. The molecule has 6 heteroatoms. The standard InChI is InChI=1S/C9H14N2O4/c1-2-5-15-9(14)11-4-3-10-6-7(11)8(12)13/h2,7,10H,1,3-6H2,(H,12,13). The monoisotopic (exact) mass is 214 g/mol. The van der Waals surface area contributed by atoms with Crippen LogP contribution in [0.1, 0.15) is 0 Å². The lowest BCUT2D eigenvalue weighted by Crippen LogP contribution is -2.57. The summed E-state index contributed by atoms with van der Waals surface area (Å²) >= 11 is 0. The molecule has 84 valence electrons. The molecule has 0 aromatic heterocycles. The van der Waals surface area contributed by atoms with Gasteiger partial charge in [-0.3, -0.25) is 4.90 Å². The smallest absolute Gasteiger partial charge is 0.410 e. The summed E-state index contributed by atoms with van der Waals surface area (Å²) < 4.78 is 4.79. The summed E-state index contributed by atoms with van der Waals surface area (Å²) in [5, 5.41) is 11.8. The van der Waals surface area contributed by atoms with Crippen LogP contribution in [0.15, 0.2) is 12.7 Å². The second-order valence-electron chi connectivity index (χ2n) is 3.12. The molecule has 1 amide bonds. The Hall–Kier alpha value is -1.56. The van der Waals surface area contributed by atoms with Gasteiger partial charge in [-0.15, -0.1) is 0 Å². The van der Waals surface area contributed by atoms with E-state index in [4.69, 9.17) is 9.84 Å². The van der Waals surface area contributed by atoms with Crippen molar-refractivity contribution in [2.75, 3.05) is 26.2 Å². The number of piperazine rings is 1. The molecule has 1 saturated heterocycles.